The first-order chi connectivity index (χ1) is 19.2. The molecule has 0 bridgehead atoms. The molecule has 2 heteroatoms. The van der Waals surface area contributed by atoms with Crippen LogP contribution in [0.25, 0.3) is 0 Å². The third kappa shape index (κ3) is 7.15. The second kappa shape index (κ2) is 14.8. The summed E-state index contributed by atoms with van der Waals surface area (Å²) in [6.45, 7) is 14.9. The Bertz CT molecular complexity index is 773. The van der Waals surface area contributed by atoms with E-state index < -0.39 is 0 Å². The summed E-state index contributed by atoms with van der Waals surface area (Å²) in [5.41, 5.74) is 0.747. The molecule has 0 saturated heterocycles. The van der Waals surface area contributed by atoms with Gasteiger partial charge in [0.2, 0.25) is 0 Å². The van der Waals surface area contributed by atoms with Crippen molar-refractivity contribution in [2.24, 2.45) is 52.3 Å². The zero-order valence-electron chi connectivity index (χ0n) is 27.8. The number of unbranched alkanes of at least 4 members (excludes halogenated alkanes) is 7. The number of carbonyl (C=O) groups excluding carboxylic acids is 1. The highest BCUT2D eigenvalue weighted by Crippen LogP contribution is 2.68. The highest BCUT2D eigenvalue weighted by Gasteiger charge is 2.62. The molecule has 4 saturated carbocycles. The van der Waals surface area contributed by atoms with Crippen LogP contribution in [0.5, 0.6) is 0 Å². The minimum Gasteiger partial charge on any atom is -0.462 e. The summed E-state index contributed by atoms with van der Waals surface area (Å²) in [5, 5.41) is 0. The molecule has 40 heavy (non-hydrogen) atoms. The van der Waals surface area contributed by atoms with Gasteiger partial charge in [-0.2, -0.15) is 0 Å². The number of rotatable bonds is 15. The van der Waals surface area contributed by atoms with Gasteiger partial charge in [-0.3, -0.25) is 4.79 Å². The molecule has 0 aliphatic heterocycles. The number of ether oxygens (including phenoxy) is 1. The lowest BCUT2D eigenvalue weighted by Crippen LogP contribution is -2.58. The van der Waals surface area contributed by atoms with Crippen LogP contribution in [0.1, 0.15) is 176 Å². The molecule has 0 amide bonds. The van der Waals surface area contributed by atoms with E-state index in [1.54, 1.807) is 0 Å². The molecule has 0 aromatic heterocycles. The lowest BCUT2D eigenvalue weighted by Gasteiger charge is -2.62. The van der Waals surface area contributed by atoms with E-state index in [1.807, 2.05) is 0 Å². The minimum atomic E-state index is 0.108. The Morgan fingerprint density at radius 3 is 2.23 bits per heavy atom. The molecular formula is C38H68O2. The summed E-state index contributed by atoms with van der Waals surface area (Å²) in [5.74, 6) is 6.03. The van der Waals surface area contributed by atoms with Crippen molar-refractivity contribution in [1.82, 2.24) is 0 Å². The molecule has 0 radical (unpaired) electrons. The van der Waals surface area contributed by atoms with Crippen LogP contribution in [0.2, 0.25) is 0 Å². The maximum absolute atomic E-state index is 13.1. The third-order valence-electron chi connectivity index (χ3n) is 13.4. The van der Waals surface area contributed by atoms with Gasteiger partial charge in [0.15, 0.2) is 0 Å². The van der Waals surface area contributed by atoms with Crippen molar-refractivity contribution in [1.29, 1.82) is 0 Å². The predicted octanol–water partition coefficient (Wildman–Crippen LogP) is 11.6. The Labute approximate surface area is 249 Å². The van der Waals surface area contributed by atoms with Crippen molar-refractivity contribution in [2.45, 2.75) is 182 Å². The Kier molecular flexibility index (Phi) is 12.0. The summed E-state index contributed by atoms with van der Waals surface area (Å²) in [6, 6.07) is 0. The number of hydrogen-bond donors (Lipinski definition) is 0. The van der Waals surface area contributed by atoms with E-state index in [2.05, 4.69) is 41.5 Å². The van der Waals surface area contributed by atoms with Crippen LogP contribution in [-0.2, 0) is 9.53 Å². The molecule has 9 atom stereocenters. The Morgan fingerprint density at radius 2 is 1.50 bits per heavy atom. The van der Waals surface area contributed by atoms with Crippen molar-refractivity contribution >= 4 is 5.97 Å². The highest BCUT2D eigenvalue weighted by atomic mass is 16.5. The highest BCUT2D eigenvalue weighted by molar-refractivity contribution is 5.69. The zero-order valence-corrected chi connectivity index (χ0v) is 27.8. The molecule has 232 valence electrons. The van der Waals surface area contributed by atoms with Gasteiger partial charge in [0.1, 0.15) is 6.10 Å². The summed E-state index contributed by atoms with van der Waals surface area (Å²) < 4.78 is 6.49. The van der Waals surface area contributed by atoms with Crippen molar-refractivity contribution in [3.63, 3.8) is 0 Å². The number of esters is 1. The van der Waals surface area contributed by atoms with Gasteiger partial charge in [-0.15, -0.1) is 0 Å². The smallest absolute Gasteiger partial charge is 0.306 e. The maximum Gasteiger partial charge on any atom is 0.306 e. The first-order valence-corrected chi connectivity index (χ1v) is 18.4. The third-order valence-corrected chi connectivity index (χ3v) is 13.4. The van der Waals surface area contributed by atoms with Crippen molar-refractivity contribution in [3.05, 3.63) is 0 Å². The van der Waals surface area contributed by atoms with E-state index in [0.29, 0.717) is 11.8 Å². The van der Waals surface area contributed by atoms with Gasteiger partial charge in [-0.25, -0.2) is 0 Å². The lowest BCUT2D eigenvalue weighted by molar-refractivity contribution is -0.192. The molecule has 0 heterocycles. The molecule has 0 spiro atoms. The largest absolute Gasteiger partial charge is 0.462 e. The number of carbonyl (C=O) groups is 1. The monoisotopic (exact) mass is 557 g/mol. The molecule has 2 nitrogen and oxygen atoms in total. The van der Waals surface area contributed by atoms with Crippen LogP contribution in [-0.4, -0.2) is 12.1 Å². The summed E-state index contributed by atoms with van der Waals surface area (Å²) in [7, 11) is 0. The van der Waals surface area contributed by atoms with Crippen LogP contribution < -0.4 is 0 Å². The van der Waals surface area contributed by atoms with Crippen LogP contribution in [0.3, 0.4) is 0 Å². The summed E-state index contributed by atoms with van der Waals surface area (Å²) in [6.07, 6.45) is 27.5. The van der Waals surface area contributed by atoms with Gasteiger partial charge in [-0.1, -0.05) is 106 Å². The van der Waals surface area contributed by atoms with Crippen molar-refractivity contribution < 1.29 is 9.53 Å². The fraction of sp³-hybridized carbons (Fsp3) is 0.974. The molecule has 4 rings (SSSR count). The fourth-order valence-corrected chi connectivity index (χ4v) is 11.1. The predicted molar refractivity (Wildman–Crippen MR) is 170 cm³/mol. The van der Waals surface area contributed by atoms with Gasteiger partial charge in [-0.05, 0) is 111 Å². The Morgan fingerprint density at radius 1 is 0.775 bits per heavy atom. The first-order valence-electron chi connectivity index (χ1n) is 18.4. The molecule has 1 unspecified atom stereocenters. The van der Waals surface area contributed by atoms with Crippen molar-refractivity contribution in [2.75, 3.05) is 0 Å². The Balaban J connectivity index is 1.34. The summed E-state index contributed by atoms with van der Waals surface area (Å²) >= 11 is 0. The van der Waals surface area contributed by atoms with Gasteiger partial charge < -0.3 is 4.74 Å². The average molecular weight is 557 g/mol. The Hall–Kier alpha value is -0.530. The maximum atomic E-state index is 13.1. The molecule has 4 aliphatic carbocycles. The normalized spacial score (nSPS) is 38.0. The van der Waals surface area contributed by atoms with E-state index in [1.165, 1.54) is 116 Å². The van der Waals surface area contributed by atoms with Gasteiger partial charge in [0.05, 0.1) is 0 Å². The number of hydrogen-bond acceptors (Lipinski definition) is 2. The average Bonchev–Trinajstić information content (AvgIpc) is 3.27. The van der Waals surface area contributed by atoms with Gasteiger partial charge in [0, 0.05) is 11.8 Å². The standard InChI is InChI=1S/C38H68O2/c1-7-8-9-10-11-12-13-14-21-36(39)40-35-20-16-19-30-22-23-31-33-25-24-32(29(4)18-15-17-28(2)3)37(33,5)27-26-34(31)38(30,35)6/h28-35H,7-27H2,1-6H3/t29-,30+,31+,32-,33-,34-,35?,37+,38-/m0/s1. The topological polar surface area (TPSA) is 26.3 Å². The second-order valence-corrected chi connectivity index (χ2v) is 16.2. The summed E-state index contributed by atoms with van der Waals surface area (Å²) in [4.78, 5) is 13.1. The van der Waals surface area contributed by atoms with E-state index in [0.717, 1.165) is 54.3 Å². The minimum absolute atomic E-state index is 0.108. The van der Waals surface area contributed by atoms with Crippen LogP contribution in [0, 0.1) is 52.3 Å². The first kappa shape index (κ1) is 32.4. The molecular weight excluding hydrogens is 488 g/mol. The molecule has 4 aliphatic rings. The van der Waals surface area contributed by atoms with Crippen LogP contribution in [0.4, 0.5) is 0 Å². The zero-order chi connectivity index (χ0) is 28.8. The van der Waals surface area contributed by atoms with Crippen LogP contribution in [0.15, 0.2) is 0 Å². The van der Waals surface area contributed by atoms with Gasteiger partial charge >= 0.3 is 5.97 Å². The van der Waals surface area contributed by atoms with Crippen molar-refractivity contribution in [3.8, 4) is 0 Å². The van der Waals surface area contributed by atoms with E-state index in [-0.39, 0.29) is 17.5 Å². The number of fused-ring (bicyclic) bond motifs is 5. The lowest BCUT2D eigenvalue weighted by atomic mass is 9.44. The van der Waals surface area contributed by atoms with E-state index in [4.69, 9.17) is 4.74 Å². The fourth-order valence-electron chi connectivity index (χ4n) is 11.1. The molecule has 4 fully saturated rings. The van der Waals surface area contributed by atoms with E-state index >= 15 is 0 Å². The van der Waals surface area contributed by atoms with Crippen LogP contribution >= 0.6 is 0 Å². The quantitative estimate of drug-likeness (QED) is 0.148. The second-order valence-electron chi connectivity index (χ2n) is 16.2. The molecule has 0 N–H and O–H groups in total. The molecule has 0 aromatic rings. The van der Waals surface area contributed by atoms with E-state index in [9.17, 15) is 4.79 Å². The van der Waals surface area contributed by atoms with Gasteiger partial charge in [0.25, 0.3) is 0 Å². The molecule has 0 aromatic carbocycles. The SMILES string of the molecule is CCCCCCCCCCC(=O)OC1CCC[C@@H]2CC[C@@H]3[C@@H]4CC[C@@H]([C@@H](C)CCCC(C)C)[C@@]4(C)CC[C@@H]3[C@@]12C.